The number of nitrogens with zero attached hydrogens (tertiary/aromatic N) is 1. The molecule has 0 aliphatic heterocycles. The summed E-state index contributed by atoms with van der Waals surface area (Å²) in [7, 11) is 0. The Morgan fingerprint density at radius 3 is 2.65 bits per heavy atom. The van der Waals surface area contributed by atoms with Crippen LogP contribution >= 0.6 is 0 Å². The first-order valence-corrected chi connectivity index (χ1v) is 5.85. The van der Waals surface area contributed by atoms with Crippen molar-refractivity contribution in [2.24, 2.45) is 0 Å². The normalized spacial score (nSPS) is 10.8. The van der Waals surface area contributed by atoms with Gasteiger partial charge in [-0.2, -0.15) is 0 Å². The molecule has 0 unspecified atom stereocenters. The van der Waals surface area contributed by atoms with Crippen molar-refractivity contribution in [1.29, 1.82) is 0 Å². The van der Waals surface area contributed by atoms with Crippen molar-refractivity contribution in [2.75, 3.05) is 0 Å². The lowest BCUT2D eigenvalue weighted by atomic mass is 10.1. The third-order valence-corrected chi connectivity index (χ3v) is 2.89. The van der Waals surface area contributed by atoms with Crippen molar-refractivity contribution >= 4 is 0 Å². The minimum Gasteiger partial charge on any atom is -0.361 e. The van der Waals surface area contributed by atoms with Crippen LogP contribution < -0.4 is 5.32 Å². The smallest absolute Gasteiger partial charge is 0.138 e. The van der Waals surface area contributed by atoms with E-state index in [4.69, 9.17) is 4.52 Å². The molecular weight excluding hydrogens is 212 g/mol. The number of aryl methyl sites for hydroxylation is 3. The molecule has 1 aromatic carbocycles. The maximum Gasteiger partial charge on any atom is 0.138 e. The highest BCUT2D eigenvalue weighted by atomic mass is 16.5. The van der Waals surface area contributed by atoms with Gasteiger partial charge in [-0.3, -0.25) is 0 Å². The Hall–Kier alpha value is -1.61. The summed E-state index contributed by atoms with van der Waals surface area (Å²) in [4.78, 5) is 0. The molecule has 3 heteroatoms. The van der Waals surface area contributed by atoms with Gasteiger partial charge < -0.3 is 9.84 Å². The second-order valence-electron chi connectivity index (χ2n) is 4.40. The summed E-state index contributed by atoms with van der Waals surface area (Å²) in [6, 6.07) is 8.52. The molecule has 1 N–H and O–H groups in total. The van der Waals surface area contributed by atoms with Crippen molar-refractivity contribution in [3.63, 3.8) is 0 Å². The second-order valence-corrected chi connectivity index (χ2v) is 4.40. The average molecular weight is 230 g/mol. The molecule has 1 heterocycles. The molecule has 0 aliphatic rings. The van der Waals surface area contributed by atoms with E-state index in [1.54, 1.807) is 0 Å². The molecule has 0 spiro atoms. The highest BCUT2D eigenvalue weighted by Gasteiger charge is 2.07. The molecule has 0 atom stereocenters. The molecule has 0 aliphatic carbocycles. The van der Waals surface area contributed by atoms with Gasteiger partial charge in [-0.15, -0.1) is 0 Å². The summed E-state index contributed by atoms with van der Waals surface area (Å²) >= 11 is 0. The number of aromatic nitrogens is 1. The molecule has 1 aromatic heterocycles. The van der Waals surface area contributed by atoms with Gasteiger partial charge in [0, 0.05) is 18.7 Å². The predicted molar refractivity (Wildman–Crippen MR) is 67.7 cm³/mol. The van der Waals surface area contributed by atoms with Crippen molar-refractivity contribution in [3.05, 3.63) is 52.4 Å². The standard InChI is InChI=1S/C14H18N2O/c1-10-5-4-6-13(7-10)8-15-9-14-11(2)16-17-12(14)3/h4-7,15H,8-9H2,1-3H3. The van der Waals surface area contributed by atoms with Crippen LogP contribution in [0.25, 0.3) is 0 Å². The minimum absolute atomic E-state index is 0.801. The van der Waals surface area contributed by atoms with Gasteiger partial charge in [0.05, 0.1) is 5.69 Å². The quantitative estimate of drug-likeness (QED) is 0.877. The van der Waals surface area contributed by atoms with E-state index in [9.17, 15) is 0 Å². The van der Waals surface area contributed by atoms with E-state index in [2.05, 4.69) is 41.7 Å². The number of nitrogens with one attached hydrogen (secondary N) is 1. The highest BCUT2D eigenvalue weighted by Crippen LogP contribution is 2.12. The van der Waals surface area contributed by atoms with Gasteiger partial charge in [-0.25, -0.2) is 0 Å². The van der Waals surface area contributed by atoms with Crippen LogP contribution in [0.5, 0.6) is 0 Å². The molecular formula is C14H18N2O. The molecule has 2 rings (SSSR count). The summed E-state index contributed by atoms with van der Waals surface area (Å²) in [5.74, 6) is 0.902. The third-order valence-electron chi connectivity index (χ3n) is 2.89. The van der Waals surface area contributed by atoms with Crippen molar-refractivity contribution in [2.45, 2.75) is 33.9 Å². The van der Waals surface area contributed by atoms with Crippen LogP contribution in [-0.2, 0) is 13.1 Å². The minimum atomic E-state index is 0.801. The van der Waals surface area contributed by atoms with Gasteiger partial charge >= 0.3 is 0 Å². The number of hydrogen-bond donors (Lipinski definition) is 1. The summed E-state index contributed by atoms with van der Waals surface area (Å²) in [5, 5.41) is 7.35. The van der Waals surface area contributed by atoms with Crippen molar-refractivity contribution < 1.29 is 4.52 Å². The van der Waals surface area contributed by atoms with E-state index in [1.165, 1.54) is 11.1 Å². The Kier molecular flexibility index (Phi) is 3.59. The lowest BCUT2D eigenvalue weighted by Crippen LogP contribution is -2.13. The Bertz CT molecular complexity index is 483. The fourth-order valence-electron chi connectivity index (χ4n) is 1.91. The van der Waals surface area contributed by atoms with Crippen LogP contribution in [0, 0.1) is 20.8 Å². The Morgan fingerprint density at radius 1 is 1.18 bits per heavy atom. The Balaban J connectivity index is 1.92. The zero-order valence-electron chi connectivity index (χ0n) is 10.6. The molecule has 0 saturated heterocycles. The van der Waals surface area contributed by atoms with Crippen LogP contribution in [-0.4, -0.2) is 5.16 Å². The topological polar surface area (TPSA) is 38.1 Å². The summed E-state index contributed by atoms with van der Waals surface area (Å²) < 4.78 is 5.13. The first-order chi connectivity index (χ1) is 8.16. The fraction of sp³-hybridized carbons (Fsp3) is 0.357. The molecule has 0 radical (unpaired) electrons. The fourth-order valence-corrected chi connectivity index (χ4v) is 1.91. The van der Waals surface area contributed by atoms with Crippen molar-refractivity contribution in [3.8, 4) is 0 Å². The van der Waals surface area contributed by atoms with Gasteiger partial charge in [0.25, 0.3) is 0 Å². The van der Waals surface area contributed by atoms with E-state index in [0.29, 0.717) is 0 Å². The van der Waals surface area contributed by atoms with Gasteiger partial charge in [-0.1, -0.05) is 35.0 Å². The SMILES string of the molecule is Cc1cccc(CNCc2c(C)noc2C)c1. The summed E-state index contributed by atoms with van der Waals surface area (Å²) in [6.07, 6.45) is 0. The van der Waals surface area contributed by atoms with Crippen LogP contribution in [0.15, 0.2) is 28.8 Å². The van der Waals surface area contributed by atoms with Crippen LogP contribution in [0.1, 0.15) is 28.1 Å². The molecule has 0 bridgehead atoms. The van der Waals surface area contributed by atoms with Gasteiger partial charge in [-0.05, 0) is 26.3 Å². The number of rotatable bonds is 4. The third kappa shape index (κ3) is 2.94. The van der Waals surface area contributed by atoms with E-state index >= 15 is 0 Å². The molecule has 2 aromatic rings. The largest absolute Gasteiger partial charge is 0.361 e. The molecule has 90 valence electrons. The van der Waals surface area contributed by atoms with E-state index < -0.39 is 0 Å². The molecule has 3 nitrogen and oxygen atoms in total. The van der Waals surface area contributed by atoms with E-state index in [0.717, 1.165) is 30.1 Å². The monoisotopic (exact) mass is 230 g/mol. The Morgan fingerprint density at radius 2 is 2.00 bits per heavy atom. The van der Waals surface area contributed by atoms with Crippen LogP contribution in [0.3, 0.4) is 0 Å². The van der Waals surface area contributed by atoms with Gasteiger partial charge in [0.1, 0.15) is 5.76 Å². The maximum absolute atomic E-state index is 5.13. The van der Waals surface area contributed by atoms with E-state index in [-0.39, 0.29) is 0 Å². The second kappa shape index (κ2) is 5.15. The zero-order chi connectivity index (χ0) is 12.3. The van der Waals surface area contributed by atoms with E-state index in [1.807, 2.05) is 13.8 Å². The first-order valence-electron chi connectivity index (χ1n) is 5.85. The lowest BCUT2D eigenvalue weighted by molar-refractivity contribution is 0.392. The average Bonchev–Trinajstić information content (AvgIpc) is 2.61. The predicted octanol–water partition coefficient (Wildman–Crippen LogP) is 2.89. The number of benzene rings is 1. The first kappa shape index (κ1) is 11.9. The highest BCUT2D eigenvalue weighted by molar-refractivity contribution is 5.23. The van der Waals surface area contributed by atoms with Crippen LogP contribution in [0.4, 0.5) is 0 Å². The Labute approximate surface area is 102 Å². The zero-order valence-corrected chi connectivity index (χ0v) is 10.6. The van der Waals surface area contributed by atoms with Crippen LogP contribution in [0.2, 0.25) is 0 Å². The van der Waals surface area contributed by atoms with Gasteiger partial charge in [0.15, 0.2) is 0 Å². The molecule has 0 fully saturated rings. The van der Waals surface area contributed by atoms with Crippen molar-refractivity contribution in [1.82, 2.24) is 10.5 Å². The maximum atomic E-state index is 5.13. The molecule has 0 amide bonds. The van der Waals surface area contributed by atoms with Gasteiger partial charge in [0.2, 0.25) is 0 Å². The molecule has 0 saturated carbocycles. The number of hydrogen-bond acceptors (Lipinski definition) is 3. The summed E-state index contributed by atoms with van der Waals surface area (Å²) in [5.41, 5.74) is 4.73. The lowest BCUT2D eigenvalue weighted by Gasteiger charge is -2.05. The molecule has 17 heavy (non-hydrogen) atoms. The summed E-state index contributed by atoms with van der Waals surface area (Å²) in [6.45, 7) is 7.70.